The van der Waals surface area contributed by atoms with Crippen LogP contribution >= 0.6 is 11.3 Å². The number of carbonyl (C=O) groups is 1. The number of benzene rings is 1. The van der Waals surface area contributed by atoms with E-state index in [1.807, 2.05) is 12.1 Å². The normalized spacial score (nSPS) is 22.2. The van der Waals surface area contributed by atoms with E-state index in [9.17, 15) is 9.90 Å². The lowest BCUT2D eigenvalue weighted by Crippen LogP contribution is -2.28. The Balaban J connectivity index is 1.65. The van der Waals surface area contributed by atoms with E-state index < -0.39 is 0 Å². The molecule has 20 heavy (non-hydrogen) atoms. The summed E-state index contributed by atoms with van der Waals surface area (Å²) in [6.45, 7) is 0.624. The number of aromatic nitrogens is 1. The number of hydrogen-bond acceptors (Lipinski definition) is 5. The molecule has 1 aliphatic rings. The molecule has 5 nitrogen and oxygen atoms in total. The molecular weight excluding hydrogens is 274 g/mol. The van der Waals surface area contributed by atoms with Crippen LogP contribution in [0.3, 0.4) is 0 Å². The monoisotopic (exact) mass is 291 g/mol. The molecule has 0 radical (unpaired) electrons. The highest BCUT2D eigenvalue weighted by molar-refractivity contribution is 7.22. The molecule has 1 amide bonds. The van der Waals surface area contributed by atoms with Crippen LogP contribution in [0.5, 0.6) is 0 Å². The average molecular weight is 291 g/mol. The zero-order chi connectivity index (χ0) is 14.1. The van der Waals surface area contributed by atoms with Gasteiger partial charge in [0.15, 0.2) is 5.13 Å². The van der Waals surface area contributed by atoms with Crippen molar-refractivity contribution < 1.29 is 9.90 Å². The third kappa shape index (κ3) is 2.76. The van der Waals surface area contributed by atoms with Gasteiger partial charge < -0.3 is 16.2 Å². The first-order chi connectivity index (χ1) is 9.61. The number of rotatable bonds is 3. The van der Waals surface area contributed by atoms with E-state index in [1.165, 1.54) is 11.3 Å². The maximum absolute atomic E-state index is 12.1. The van der Waals surface area contributed by atoms with Gasteiger partial charge >= 0.3 is 0 Å². The molecular formula is C14H17N3O2S. The minimum atomic E-state index is -0.201. The van der Waals surface area contributed by atoms with Crippen LogP contribution in [0.2, 0.25) is 0 Å². The summed E-state index contributed by atoms with van der Waals surface area (Å²) in [7, 11) is 0. The molecule has 2 aromatic rings. The highest BCUT2D eigenvalue weighted by Crippen LogP contribution is 2.26. The van der Waals surface area contributed by atoms with Crippen LogP contribution in [0.1, 0.15) is 29.6 Å². The largest absolute Gasteiger partial charge is 0.393 e. The predicted octanol–water partition coefficient (Wildman–Crippen LogP) is 1.77. The Morgan fingerprint density at radius 3 is 3.10 bits per heavy atom. The second-order valence-corrected chi connectivity index (χ2v) is 6.34. The Hall–Kier alpha value is -1.66. The van der Waals surface area contributed by atoms with Gasteiger partial charge in [0.25, 0.3) is 5.91 Å². The zero-order valence-electron chi connectivity index (χ0n) is 11.0. The van der Waals surface area contributed by atoms with Crippen LogP contribution in [0.15, 0.2) is 18.2 Å². The number of anilines is 1. The number of nitrogens with zero attached hydrogens (tertiary/aromatic N) is 1. The topological polar surface area (TPSA) is 88.2 Å². The first-order valence-corrected chi connectivity index (χ1v) is 7.56. The fraction of sp³-hybridized carbons (Fsp3) is 0.429. The number of thiazole rings is 1. The number of nitrogen functional groups attached to an aromatic ring is 1. The van der Waals surface area contributed by atoms with Crippen LogP contribution < -0.4 is 11.1 Å². The molecule has 0 spiro atoms. The molecule has 1 aromatic carbocycles. The van der Waals surface area contributed by atoms with Crippen molar-refractivity contribution in [3.63, 3.8) is 0 Å². The number of amides is 1. The van der Waals surface area contributed by atoms with Gasteiger partial charge in [-0.05, 0) is 43.4 Å². The van der Waals surface area contributed by atoms with E-state index in [0.29, 0.717) is 23.2 Å². The lowest BCUT2D eigenvalue weighted by atomic mass is 10.1. The lowest BCUT2D eigenvalue weighted by Gasteiger charge is -2.10. The summed E-state index contributed by atoms with van der Waals surface area (Å²) < 4.78 is 0.923. The Kier molecular flexibility index (Phi) is 3.58. The fourth-order valence-electron chi connectivity index (χ4n) is 2.66. The quantitative estimate of drug-likeness (QED) is 0.804. The maximum Gasteiger partial charge on any atom is 0.251 e. The van der Waals surface area contributed by atoms with E-state index >= 15 is 0 Å². The van der Waals surface area contributed by atoms with Crippen LogP contribution in [0.25, 0.3) is 10.2 Å². The Bertz CT molecular complexity index is 640. The Labute approximate surface area is 120 Å². The summed E-state index contributed by atoms with van der Waals surface area (Å²) in [4.78, 5) is 16.3. The summed E-state index contributed by atoms with van der Waals surface area (Å²) in [5, 5.41) is 12.9. The van der Waals surface area contributed by atoms with Gasteiger partial charge in [-0.15, -0.1) is 0 Å². The summed E-state index contributed by atoms with van der Waals surface area (Å²) >= 11 is 1.38. The number of aliphatic hydroxyl groups excluding tert-OH is 1. The highest BCUT2D eigenvalue weighted by Gasteiger charge is 2.23. The van der Waals surface area contributed by atoms with E-state index in [4.69, 9.17) is 5.73 Å². The third-order valence-corrected chi connectivity index (χ3v) is 4.58. The standard InChI is InChI=1S/C14H17N3O2S/c15-14-17-11-4-2-9(6-12(11)20-14)13(19)16-7-8-1-3-10(18)5-8/h2,4,6,8,10,18H,1,3,5,7H2,(H2,15,17)(H,16,19). The number of nitrogens with one attached hydrogen (secondary N) is 1. The van der Waals surface area contributed by atoms with E-state index in [2.05, 4.69) is 10.3 Å². The number of hydrogen-bond donors (Lipinski definition) is 3. The molecule has 1 aliphatic carbocycles. The summed E-state index contributed by atoms with van der Waals surface area (Å²) in [5.74, 6) is 0.303. The van der Waals surface area contributed by atoms with Crippen molar-refractivity contribution in [1.29, 1.82) is 0 Å². The van der Waals surface area contributed by atoms with Crippen LogP contribution in [0.4, 0.5) is 5.13 Å². The van der Waals surface area contributed by atoms with E-state index in [1.54, 1.807) is 6.07 Å². The molecule has 1 fully saturated rings. The van der Waals surface area contributed by atoms with Crippen molar-refractivity contribution in [2.45, 2.75) is 25.4 Å². The minimum absolute atomic E-state index is 0.0831. The summed E-state index contributed by atoms with van der Waals surface area (Å²) in [5.41, 5.74) is 7.10. The molecule has 0 aliphatic heterocycles. The van der Waals surface area contributed by atoms with Crippen LogP contribution in [0, 0.1) is 5.92 Å². The highest BCUT2D eigenvalue weighted by atomic mass is 32.1. The molecule has 2 unspecified atom stereocenters. The Morgan fingerprint density at radius 1 is 1.50 bits per heavy atom. The van der Waals surface area contributed by atoms with Gasteiger partial charge in [-0.2, -0.15) is 0 Å². The molecule has 0 saturated heterocycles. The molecule has 106 valence electrons. The van der Waals surface area contributed by atoms with Crippen molar-refractivity contribution in [3.05, 3.63) is 23.8 Å². The SMILES string of the molecule is Nc1nc2ccc(C(=O)NCC3CCC(O)C3)cc2s1. The molecule has 0 bridgehead atoms. The predicted molar refractivity (Wildman–Crippen MR) is 79.7 cm³/mol. The second kappa shape index (κ2) is 5.38. The van der Waals surface area contributed by atoms with Crippen molar-refractivity contribution >= 4 is 32.6 Å². The van der Waals surface area contributed by atoms with Crippen molar-refractivity contribution in [1.82, 2.24) is 10.3 Å². The smallest absolute Gasteiger partial charge is 0.251 e. The maximum atomic E-state index is 12.1. The van der Waals surface area contributed by atoms with Gasteiger partial charge in [-0.25, -0.2) is 4.98 Å². The first-order valence-electron chi connectivity index (χ1n) is 6.74. The third-order valence-electron chi connectivity index (χ3n) is 3.73. The van der Waals surface area contributed by atoms with Gasteiger partial charge in [0.05, 0.1) is 16.3 Å². The number of aliphatic hydroxyl groups is 1. The zero-order valence-corrected chi connectivity index (χ0v) is 11.8. The lowest BCUT2D eigenvalue weighted by molar-refractivity contribution is 0.0945. The van der Waals surface area contributed by atoms with Crippen LogP contribution in [-0.2, 0) is 0 Å². The first kappa shape index (κ1) is 13.3. The number of carbonyl (C=O) groups excluding carboxylic acids is 1. The average Bonchev–Trinajstić information content (AvgIpc) is 2.99. The minimum Gasteiger partial charge on any atom is -0.393 e. The molecule has 1 aromatic heterocycles. The Morgan fingerprint density at radius 2 is 2.35 bits per heavy atom. The van der Waals surface area contributed by atoms with E-state index in [0.717, 1.165) is 29.5 Å². The second-order valence-electron chi connectivity index (χ2n) is 5.28. The molecule has 6 heteroatoms. The summed E-state index contributed by atoms with van der Waals surface area (Å²) in [6.07, 6.45) is 2.40. The number of fused-ring (bicyclic) bond motifs is 1. The van der Waals surface area contributed by atoms with Crippen molar-refractivity contribution in [2.75, 3.05) is 12.3 Å². The van der Waals surface area contributed by atoms with Gasteiger partial charge in [0.1, 0.15) is 0 Å². The molecule has 1 saturated carbocycles. The van der Waals surface area contributed by atoms with E-state index in [-0.39, 0.29) is 12.0 Å². The summed E-state index contributed by atoms with van der Waals surface area (Å²) in [6, 6.07) is 5.40. The van der Waals surface area contributed by atoms with Crippen molar-refractivity contribution in [2.24, 2.45) is 5.92 Å². The fourth-order valence-corrected chi connectivity index (χ4v) is 3.43. The molecule has 3 rings (SSSR count). The number of nitrogens with two attached hydrogens (primary N) is 1. The molecule has 4 N–H and O–H groups in total. The molecule has 1 heterocycles. The molecule has 2 atom stereocenters. The van der Waals surface area contributed by atoms with Crippen molar-refractivity contribution in [3.8, 4) is 0 Å². The van der Waals surface area contributed by atoms with Gasteiger partial charge in [0.2, 0.25) is 0 Å². The van der Waals surface area contributed by atoms with Crippen LogP contribution in [-0.4, -0.2) is 28.6 Å². The van der Waals surface area contributed by atoms with Gasteiger partial charge in [-0.3, -0.25) is 4.79 Å². The van der Waals surface area contributed by atoms with Gasteiger partial charge in [-0.1, -0.05) is 11.3 Å². The van der Waals surface area contributed by atoms with Gasteiger partial charge in [0, 0.05) is 12.1 Å².